The monoisotopic (exact) mass is 328 g/mol. The van der Waals surface area contributed by atoms with Crippen LogP contribution in [0.2, 0.25) is 0 Å². The van der Waals surface area contributed by atoms with Gasteiger partial charge in [0.05, 0.1) is 17.6 Å². The molecule has 0 radical (unpaired) electrons. The van der Waals surface area contributed by atoms with Crippen molar-refractivity contribution in [1.29, 1.82) is 0 Å². The molecule has 0 aliphatic rings. The van der Waals surface area contributed by atoms with E-state index in [4.69, 9.17) is 0 Å². The number of amides is 1. The summed E-state index contributed by atoms with van der Waals surface area (Å²) in [5.41, 5.74) is 3.25. The molecule has 1 heterocycles. The van der Waals surface area contributed by atoms with Gasteiger partial charge in [-0.05, 0) is 48.0 Å². The first-order chi connectivity index (χ1) is 12.2. The van der Waals surface area contributed by atoms with Crippen LogP contribution >= 0.6 is 0 Å². The molecular formula is C20H16N4O. The topological polar surface area (TPSA) is 59.8 Å². The average Bonchev–Trinajstić information content (AvgIpc) is 3.08. The van der Waals surface area contributed by atoms with Crippen LogP contribution in [0, 0.1) is 6.92 Å². The van der Waals surface area contributed by atoms with E-state index >= 15 is 0 Å². The Labute approximate surface area is 144 Å². The van der Waals surface area contributed by atoms with E-state index in [1.807, 2.05) is 73.7 Å². The number of fused-ring (bicyclic) bond motifs is 1. The lowest BCUT2D eigenvalue weighted by atomic mass is 10.0. The minimum atomic E-state index is -0.124. The second-order valence-electron chi connectivity index (χ2n) is 5.81. The fourth-order valence-electron chi connectivity index (χ4n) is 2.85. The summed E-state index contributed by atoms with van der Waals surface area (Å²) in [6, 6.07) is 21.1. The van der Waals surface area contributed by atoms with E-state index < -0.39 is 0 Å². The molecule has 4 rings (SSSR count). The van der Waals surface area contributed by atoms with Gasteiger partial charge in [-0.25, -0.2) is 4.68 Å². The van der Waals surface area contributed by atoms with Gasteiger partial charge in [0.25, 0.3) is 5.91 Å². The number of hydrogen-bond acceptors (Lipinski definition) is 3. The van der Waals surface area contributed by atoms with E-state index in [0.29, 0.717) is 5.56 Å². The van der Waals surface area contributed by atoms with Gasteiger partial charge in [-0.2, -0.15) is 0 Å². The van der Waals surface area contributed by atoms with Gasteiger partial charge in [0.2, 0.25) is 0 Å². The van der Waals surface area contributed by atoms with Crippen molar-refractivity contribution in [3.05, 3.63) is 84.2 Å². The highest BCUT2D eigenvalue weighted by Crippen LogP contribution is 2.20. The van der Waals surface area contributed by atoms with E-state index in [1.165, 1.54) is 0 Å². The fraction of sp³-hybridized carbons (Fsp3) is 0.0500. The maximum atomic E-state index is 12.7. The first kappa shape index (κ1) is 15.1. The second kappa shape index (κ2) is 6.20. The minimum absolute atomic E-state index is 0.124. The van der Waals surface area contributed by atoms with Gasteiger partial charge >= 0.3 is 0 Å². The van der Waals surface area contributed by atoms with Crippen molar-refractivity contribution >= 4 is 22.4 Å². The maximum Gasteiger partial charge on any atom is 0.256 e. The molecule has 1 amide bonds. The van der Waals surface area contributed by atoms with Crippen LogP contribution in [0.4, 0.5) is 5.69 Å². The molecule has 0 saturated carbocycles. The molecule has 0 atom stereocenters. The number of benzene rings is 3. The summed E-state index contributed by atoms with van der Waals surface area (Å²) in [5, 5.41) is 12.9. The van der Waals surface area contributed by atoms with Gasteiger partial charge in [-0.1, -0.05) is 41.6 Å². The smallest absolute Gasteiger partial charge is 0.256 e. The summed E-state index contributed by atoms with van der Waals surface area (Å²) in [7, 11) is 0. The van der Waals surface area contributed by atoms with Crippen molar-refractivity contribution in [1.82, 2.24) is 15.0 Å². The number of hydrogen-bond donors (Lipinski definition) is 1. The lowest BCUT2D eigenvalue weighted by molar-refractivity contribution is 0.102. The number of rotatable bonds is 3. The van der Waals surface area contributed by atoms with Crippen LogP contribution < -0.4 is 5.32 Å². The van der Waals surface area contributed by atoms with Crippen molar-refractivity contribution in [3.63, 3.8) is 0 Å². The average molecular weight is 328 g/mol. The highest BCUT2D eigenvalue weighted by molar-refractivity contribution is 6.12. The Kier molecular flexibility index (Phi) is 3.74. The summed E-state index contributed by atoms with van der Waals surface area (Å²) in [6.45, 7) is 1.94. The number of carbonyl (C=O) groups is 1. The molecule has 0 aliphatic heterocycles. The Morgan fingerprint density at radius 3 is 2.48 bits per heavy atom. The number of carbonyl (C=O) groups excluding carboxylic acids is 1. The molecule has 5 nitrogen and oxygen atoms in total. The molecule has 5 heteroatoms. The van der Waals surface area contributed by atoms with Gasteiger partial charge in [0.15, 0.2) is 0 Å². The molecule has 3 aromatic carbocycles. The number of aryl methyl sites for hydroxylation is 1. The summed E-state index contributed by atoms with van der Waals surface area (Å²) >= 11 is 0. The van der Waals surface area contributed by atoms with Crippen molar-refractivity contribution in [3.8, 4) is 5.69 Å². The molecule has 0 spiro atoms. The highest BCUT2D eigenvalue weighted by atomic mass is 16.1. The third-order valence-electron chi connectivity index (χ3n) is 4.12. The predicted molar refractivity (Wildman–Crippen MR) is 98.0 cm³/mol. The van der Waals surface area contributed by atoms with Gasteiger partial charge in [-0.3, -0.25) is 4.79 Å². The summed E-state index contributed by atoms with van der Waals surface area (Å²) in [5.74, 6) is -0.124. The van der Waals surface area contributed by atoms with E-state index in [0.717, 1.165) is 27.8 Å². The summed E-state index contributed by atoms with van der Waals surface area (Å²) < 4.78 is 1.75. The van der Waals surface area contributed by atoms with Crippen LogP contribution in [0.1, 0.15) is 16.1 Å². The van der Waals surface area contributed by atoms with Crippen molar-refractivity contribution in [2.45, 2.75) is 6.92 Å². The zero-order chi connectivity index (χ0) is 17.2. The Hall–Kier alpha value is -3.47. The van der Waals surface area contributed by atoms with Crippen molar-refractivity contribution in [2.75, 3.05) is 5.32 Å². The third-order valence-corrected chi connectivity index (χ3v) is 4.12. The molecule has 0 aliphatic carbocycles. The van der Waals surface area contributed by atoms with Gasteiger partial charge < -0.3 is 5.32 Å². The molecule has 0 saturated heterocycles. The van der Waals surface area contributed by atoms with Crippen LogP contribution in [0.25, 0.3) is 16.5 Å². The quantitative estimate of drug-likeness (QED) is 0.619. The fourth-order valence-corrected chi connectivity index (χ4v) is 2.85. The van der Waals surface area contributed by atoms with Crippen LogP contribution in [0.5, 0.6) is 0 Å². The molecular weight excluding hydrogens is 312 g/mol. The zero-order valence-corrected chi connectivity index (χ0v) is 13.7. The van der Waals surface area contributed by atoms with Gasteiger partial charge in [-0.15, -0.1) is 5.10 Å². The van der Waals surface area contributed by atoms with Crippen molar-refractivity contribution in [2.24, 2.45) is 0 Å². The number of aromatic nitrogens is 3. The number of anilines is 1. The molecule has 122 valence electrons. The first-order valence-corrected chi connectivity index (χ1v) is 7.99. The van der Waals surface area contributed by atoms with E-state index in [2.05, 4.69) is 15.6 Å². The molecule has 25 heavy (non-hydrogen) atoms. The van der Waals surface area contributed by atoms with Crippen LogP contribution in [0.15, 0.2) is 72.9 Å². The Balaban J connectivity index is 1.59. The SMILES string of the molecule is Cc1cnnn1-c1ccc(NC(=O)c2cccc3ccccc23)cc1. The predicted octanol–water partition coefficient (Wildman–Crippen LogP) is 3.98. The molecule has 0 unspecified atom stereocenters. The third kappa shape index (κ3) is 2.87. The lowest BCUT2D eigenvalue weighted by Gasteiger charge is -2.09. The van der Waals surface area contributed by atoms with Gasteiger partial charge in [0.1, 0.15) is 0 Å². The Morgan fingerprint density at radius 2 is 1.72 bits per heavy atom. The summed E-state index contributed by atoms with van der Waals surface area (Å²) in [6.07, 6.45) is 1.70. The molecule has 1 N–H and O–H groups in total. The highest BCUT2D eigenvalue weighted by Gasteiger charge is 2.10. The maximum absolute atomic E-state index is 12.7. The normalized spacial score (nSPS) is 10.8. The van der Waals surface area contributed by atoms with E-state index in [9.17, 15) is 4.79 Å². The molecule has 1 aromatic heterocycles. The lowest BCUT2D eigenvalue weighted by Crippen LogP contribution is -2.12. The largest absolute Gasteiger partial charge is 0.322 e. The van der Waals surface area contributed by atoms with Gasteiger partial charge in [0, 0.05) is 11.3 Å². The van der Waals surface area contributed by atoms with Crippen molar-refractivity contribution < 1.29 is 4.79 Å². The second-order valence-corrected chi connectivity index (χ2v) is 5.81. The molecule has 0 fully saturated rings. The molecule has 0 bridgehead atoms. The zero-order valence-electron chi connectivity index (χ0n) is 13.7. The summed E-state index contributed by atoms with van der Waals surface area (Å²) in [4.78, 5) is 12.7. The Morgan fingerprint density at radius 1 is 0.960 bits per heavy atom. The standard InChI is InChI=1S/C20H16N4O/c1-14-13-21-23-24(14)17-11-9-16(10-12-17)22-20(25)19-8-4-6-15-5-2-3-7-18(15)19/h2-13H,1H3,(H,22,25). The number of nitrogens with zero attached hydrogens (tertiary/aromatic N) is 3. The van der Waals surface area contributed by atoms with Crippen LogP contribution in [-0.4, -0.2) is 20.9 Å². The van der Waals surface area contributed by atoms with E-state index in [1.54, 1.807) is 10.9 Å². The van der Waals surface area contributed by atoms with E-state index in [-0.39, 0.29) is 5.91 Å². The minimum Gasteiger partial charge on any atom is -0.322 e. The first-order valence-electron chi connectivity index (χ1n) is 7.99. The van der Waals surface area contributed by atoms with Crippen LogP contribution in [0.3, 0.4) is 0 Å². The Bertz CT molecular complexity index is 1050. The van der Waals surface area contributed by atoms with Crippen LogP contribution in [-0.2, 0) is 0 Å². The molecule has 4 aromatic rings. The number of nitrogens with one attached hydrogen (secondary N) is 1.